The molecule has 0 aromatic heterocycles. The summed E-state index contributed by atoms with van der Waals surface area (Å²) < 4.78 is 5.46. The van der Waals surface area contributed by atoms with Gasteiger partial charge in [-0.3, -0.25) is 4.79 Å². The first-order chi connectivity index (χ1) is 16.1. The molecule has 1 rings (SSSR count). The van der Waals surface area contributed by atoms with E-state index in [2.05, 4.69) is 6.08 Å². The van der Waals surface area contributed by atoms with Crippen LogP contribution in [0.1, 0.15) is 91.2 Å². The molecular formula is C29H44O6. The molecule has 0 bridgehead atoms. The maximum Gasteiger partial charge on any atom is 0.303 e. The summed E-state index contributed by atoms with van der Waals surface area (Å²) in [6.45, 7) is 12.5. The smallest absolute Gasteiger partial charge is 0.303 e. The normalized spacial score (nSPS) is 16.4. The van der Waals surface area contributed by atoms with Crippen molar-refractivity contribution in [1.29, 1.82) is 0 Å². The van der Waals surface area contributed by atoms with Crippen LogP contribution in [0.2, 0.25) is 0 Å². The van der Waals surface area contributed by atoms with Gasteiger partial charge in [-0.05, 0) is 97.8 Å². The minimum atomic E-state index is -1.12. The van der Waals surface area contributed by atoms with Gasteiger partial charge in [0.1, 0.15) is 17.6 Å². The molecule has 1 aromatic rings. The molecule has 0 aliphatic heterocycles. The van der Waals surface area contributed by atoms with Gasteiger partial charge in [-0.2, -0.15) is 0 Å². The highest BCUT2D eigenvalue weighted by molar-refractivity contribution is 5.66. The summed E-state index contributed by atoms with van der Waals surface area (Å²) in [6, 6.07) is 2.95. The van der Waals surface area contributed by atoms with Gasteiger partial charge in [0.2, 0.25) is 0 Å². The highest BCUT2D eigenvalue weighted by atomic mass is 16.6. The summed E-state index contributed by atoms with van der Waals surface area (Å²) in [7, 11) is 0. The fourth-order valence-corrected chi connectivity index (χ4v) is 3.77. The van der Waals surface area contributed by atoms with Gasteiger partial charge in [0.15, 0.2) is 0 Å². The lowest BCUT2D eigenvalue weighted by Gasteiger charge is -2.32. The molecule has 6 heteroatoms. The number of phenols is 2. The lowest BCUT2D eigenvalue weighted by Crippen LogP contribution is -2.42. The molecule has 0 fully saturated rings. The third-order valence-corrected chi connectivity index (χ3v) is 6.12. The number of carbonyl (C=O) groups is 1. The standard InChI is InChI=1S/C29H44O6/c1-20(2)10-8-16-29(7,34)27(35-23(5)30)13-12-21(3)11-9-15-28(6,33)17-14-24-19-25(31)22(4)18-26(24)32/h10-11,14,17-19,27,31-34H,8-9,12-13,15-16H2,1-7H3/b17-14-,21-11+/t27-,28-,29+/m1/s1. The van der Waals surface area contributed by atoms with Gasteiger partial charge in [-0.1, -0.05) is 35.5 Å². The summed E-state index contributed by atoms with van der Waals surface area (Å²) in [5.74, 6) is -0.277. The van der Waals surface area contributed by atoms with Crippen molar-refractivity contribution in [2.75, 3.05) is 0 Å². The van der Waals surface area contributed by atoms with Crippen LogP contribution in [-0.2, 0) is 9.53 Å². The lowest BCUT2D eigenvalue weighted by molar-refractivity contribution is -0.162. The van der Waals surface area contributed by atoms with Crippen molar-refractivity contribution >= 4 is 12.0 Å². The van der Waals surface area contributed by atoms with Crippen LogP contribution in [-0.4, -0.2) is 43.7 Å². The number of phenolic OH excluding ortho intramolecular Hbond substituents is 2. The Hall–Kier alpha value is -2.57. The summed E-state index contributed by atoms with van der Waals surface area (Å²) in [5, 5.41) is 41.5. The van der Waals surface area contributed by atoms with Gasteiger partial charge in [0, 0.05) is 12.5 Å². The average molecular weight is 489 g/mol. The average Bonchev–Trinajstić information content (AvgIpc) is 2.71. The molecule has 0 saturated carbocycles. The zero-order valence-electron chi connectivity index (χ0n) is 22.4. The van der Waals surface area contributed by atoms with E-state index in [1.807, 2.05) is 26.8 Å². The fourth-order valence-electron chi connectivity index (χ4n) is 3.77. The largest absolute Gasteiger partial charge is 0.508 e. The fraction of sp³-hybridized carbons (Fsp3) is 0.552. The van der Waals surface area contributed by atoms with E-state index in [4.69, 9.17) is 4.74 Å². The van der Waals surface area contributed by atoms with Gasteiger partial charge in [-0.15, -0.1) is 0 Å². The number of aliphatic hydroxyl groups is 2. The first-order valence-electron chi connectivity index (χ1n) is 12.3. The Kier molecular flexibility index (Phi) is 11.7. The van der Waals surface area contributed by atoms with Crippen LogP contribution in [0.4, 0.5) is 0 Å². The zero-order valence-corrected chi connectivity index (χ0v) is 22.4. The van der Waals surface area contributed by atoms with Crippen molar-refractivity contribution < 1.29 is 30.0 Å². The Balaban J connectivity index is 2.70. The van der Waals surface area contributed by atoms with Crippen LogP contribution < -0.4 is 0 Å². The van der Waals surface area contributed by atoms with E-state index in [1.165, 1.54) is 24.6 Å². The topological polar surface area (TPSA) is 107 Å². The maximum atomic E-state index is 11.6. The molecule has 0 radical (unpaired) electrons. The molecule has 0 spiro atoms. The summed E-state index contributed by atoms with van der Waals surface area (Å²) in [4.78, 5) is 11.6. The van der Waals surface area contributed by atoms with Crippen molar-refractivity contribution in [3.8, 4) is 11.5 Å². The van der Waals surface area contributed by atoms with E-state index in [9.17, 15) is 25.2 Å². The van der Waals surface area contributed by atoms with Gasteiger partial charge in [0.25, 0.3) is 0 Å². The highest BCUT2D eigenvalue weighted by Gasteiger charge is 2.33. The Morgan fingerprint density at radius 3 is 2.23 bits per heavy atom. The number of ether oxygens (including phenoxy) is 1. The van der Waals surface area contributed by atoms with Crippen molar-refractivity contribution in [3.63, 3.8) is 0 Å². The number of aryl methyl sites for hydroxylation is 1. The Bertz CT molecular complexity index is 933. The van der Waals surface area contributed by atoms with E-state index in [0.29, 0.717) is 49.7 Å². The van der Waals surface area contributed by atoms with Gasteiger partial charge < -0.3 is 25.2 Å². The second-order valence-corrected chi connectivity index (χ2v) is 10.3. The molecule has 35 heavy (non-hydrogen) atoms. The summed E-state index contributed by atoms with van der Waals surface area (Å²) >= 11 is 0. The predicted molar refractivity (Wildman–Crippen MR) is 141 cm³/mol. The molecule has 1 aromatic carbocycles. The van der Waals surface area contributed by atoms with Gasteiger partial charge in [0.05, 0.1) is 11.2 Å². The lowest BCUT2D eigenvalue weighted by atomic mass is 9.88. The Morgan fingerprint density at radius 1 is 1.00 bits per heavy atom. The Labute approximate surface area is 210 Å². The summed E-state index contributed by atoms with van der Waals surface area (Å²) in [6.07, 6.45) is 10.2. The number of esters is 1. The molecule has 3 atom stereocenters. The number of benzene rings is 1. The molecule has 0 amide bonds. The van der Waals surface area contributed by atoms with E-state index < -0.39 is 23.3 Å². The third-order valence-electron chi connectivity index (χ3n) is 6.12. The number of carbonyl (C=O) groups excluding carboxylic acids is 1. The second kappa shape index (κ2) is 13.5. The second-order valence-electron chi connectivity index (χ2n) is 10.3. The SMILES string of the molecule is CC(=O)O[C@H](CC/C(C)=C/CC[C@@](C)(O)/C=C\c1cc(O)c(C)cc1O)[C@@](C)(O)CCC=C(C)C. The van der Waals surface area contributed by atoms with Crippen LogP contribution in [0, 0.1) is 6.92 Å². The minimum absolute atomic E-state index is 0.0437. The van der Waals surface area contributed by atoms with E-state index in [1.54, 1.807) is 32.9 Å². The quantitative estimate of drug-likeness (QED) is 0.152. The number of allylic oxidation sites excluding steroid dienone is 4. The third kappa shape index (κ3) is 11.6. The molecule has 0 aliphatic carbocycles. The molecule has 0 unspecified atom stereocenters. The first kappa shape index (κ1) is 30.5. The molecule has 4 N–H and O–H groups in total. The van der Waals surface area contributed by atoms with Crippen molar-refractivity contribution in [2.24, 2.45) is 0 Å². The van der Waals surface area contributed by atoms with Crippen LogP contribution >= 0.6 is 0 Å². The van der Waals surface area contributed by atoms with E-state index in [-0.39, 0.29) is 11.5 Å². The van der Waals surface area contributed by atoms with E-state index >= 15 is 0 Å². The first-order valence-corrected chi connectivity index (χ1v) is 12.3. The number of hydrogen-bond donors (Lipinski definition) is 4. The van der Waals surface area contributed by atoms with Crippen LogP contribution in [0.5, 0.6) is 11.5 Å². The van der Waals surface area contributed by atoms with Crippen molar-refractivity contribution in [3.05, 3.63) is 52.6 Å². The predicted octanol–water partition coefficient (Wildman–Crippen LogP) is 6.11. The number of rotatable bonds is 13. The molecule has 196 valence electrons. The molecule has 0 aliphatic rings. The molecule has 0 saturated heterocycles. The van der Waals surface area contributed by atoms with Crippen molar-refractivity contribution in [1.82, 2.24) is 0 Å². The van der Waals surface area contributed by atoms with Crippen LogP contribution in [0.3, 0.4) is 0 Å². The van der Waals surface area contributed by atoms with E-state index in [0.717, 1.165) is 5.57 Å². The van der Waals surface area contributed by atoms with Crippen LogP contribution in [0.25, 0.3) is 6.08 Å². The van der Waals surface area contributed by atoms with Crippen LogP contribution in [0.15, 0.2) is 41.5 Å². The molecular weight excluding hydrogens is 444 g/mol. The maximum absolute atomic E-state index is 11.6. The van der Waals surface area contributed by atoms with Gasteiger partial charge >= 0.3 is 5.97 Å². The highest BCUT2D eigenvalue weighted by Crippen LogP contribution is 2.29. The molecule has 0 heterocycles. The zero-order chi connectivity index (χ0) is 26.8. The van der Waals surface area contributed by atoms with Crippen molar-refractivity contribution in [2.45, 2.75) is 104 Å². The number of aromatic hydroxyl groups is 2. The van der Waals surface area contributed by atoms with Gasteiger partial charge in [-0.25, -0.2) is 0 Å². The number of hydrogen-bond acceptors (Lipinski definition) is 6. The minimum Gasteiger partial charge on any atom is -0.508 e. The molecule has 6 nitrogen and oxygen atoms in total. The summed E-state index contributed by atoms with van der Waals surface area (Å²) in [5.41, 5.74) is 1.07. The monoisotopic (exact) mass is 488 g/mol. The Morgan fingerprint density at radius 2 is 1.63 bits per heavy atom.